The Bertz CT molecular complexity index is 1480. The number of benzene rings is 2. The zero-order valence-corrected chi connectivity index (χ0v) is 21.4. The summed E-state index contributed by atoms with van der Waals surface area (Å²) in [6, 6.07) is 10.1. The predicted molar refractivity (Wildman–Crippen MR) is 144 cm³/mol. The summed E-state index contributed by atoms with van der Waals surface area (Å²) in [7, 11) is 0. The van der Waals surface area contributed by atoms with Gasteiger partial charge in [0.1, 0.15) is 17.4 Å². The van der Waals surface area contributed by atoms with Gasteiger partial charge in [0.25, 0.3) is 5.91 Å². The summed E-state index contributed by atoms with van der Waals surface area (Å²) in [6.07, 6.45) is -4.89. The van der Waals surface area contributed by atoms with Gasteiger partial charge in [-0.15, -0.1) is 0 Å². The van der Waals surface area contributed by atoms with E-state index in [0.717, 1.165) is 31.9 Å². The van der Waals surface area contributed by atoms with E-state index in [9.17, 15) is 27.6 Å². The predicted octanol–water partition coefficient (Wildman–Crippen LogP) is 2.92. The molecule has 6 N–H and O–H groups in total. The van der Waals surface area contributed by atoms with Crippen LogP contribution in [0.4, 0.5) is 47.7 Å². The van der Waals surface area contributed by atoms with Gasteiger partial charge < -0.3 is 36.6 Å². The number of aliphatic carboxylic acids is 1. The Balaban J connectivity index is 1.43. The maximum atomic E-state index is 13.9. The zero-order valence-electron chi connectivity index (χ0n) is 21.4. The summed E-state index contributed by atoms with van der Waals surface area (Å²) in [4.78, 5) is 46.6. The Morgan fingerprint density at radius 3 is 2.49 bits per heavy atom. The SMILES string of the molecule is O=C(O)C[C@@H]1NC(=O)c2c(cccc2Nc2nc(Nc3ccc(N4CCNCC4)cc3)ncc2C(F)(F)F)NC1=O. The van der Waals surface area contributed by atoms with E-state index >= 15 is 0 Å². The first-order valence-electron chi connectivity index (χ1n) is 12.6. The van der Waals surface area contributed by atoms with Crippen LogP contribution in [0, 0.1) is 0 Å². The van der Waals surface area contributed by atoms with Crippen molar-refractivity contribution in [1.82, 2.24) is 20.6 Å². The number of fused-ring (bicyclic) bond motifs is 1. The smallest absolute Gasteiger partial charge is 0.421 e. The Hall–Kier alpha value is -4.92. The van der Waals surface area contributed by atoms with Crippen LogP contribution in [-0.4, -0.2) is 65.1 Å². The van der Waals surface area contributed by atoms with Crippen molar-refractivity contribution in [2.45, 2.75) is 18.6 Å². The average molecular weight is 571 g/mol. The number of amides is 2. The summed E-state index contributed by atoms with van der Waals surface area (Å²) in [5, 5.41) is 22.6. The van der Waals surface area contributed by atoms with E-state index in [1.54, 1.807) is 12.1 Å². The lowest BCUT2D eigenvalue weighted by molar-refractivity contribution is -0.139. The molecule has 214 valence electrons. The first kappa shape index (κ1) is 27.6. The first-order chi connectivity index (χ1) is 19.6. The van der Waals surface area contributed by atoms with E-state index in [1.165, 1.54) is 18.2 Å². The number of hydrogen-bond donors (Lipinski definition) is 6. The molecule has 15 heteroatoms. The fourth-order valence-electron chi connectivity index (χ4n) is 4.52. The monoisotopic (exact) mass is 570 g/mol. The minimum Gasteiger partial charge on any atom is -0.481 e. The van der Waals surface area contributed by atoms with Crippen molar-refractivity contribution in [2.75, 3.05) is 47.0 Å². The molecule has 41 heavy (non-hydrogen) atoms. The number of piperazine rings is 1. The average Bonchev–Trinajstić information content (AvgIpc) is 3.04. The number of carboxylic acids is 1. The molecule has 2 aromatic carbocycles. The Labute approximate surface area is 231 Å². The summed E-state index contributed by atoms with van der Waals surface area (Å²) in [6.45, 7) is 3.46. The quantitative estimate of drug-likeness (QED) is 0.249. The number of anilines is 6. The van der Waals surface area contributed by atoms with Crippen molar-refractivity contribution < 1.29 is 32.7 Å². The lowest BCUT2D eigenvalue weighted by atomic mass is 10.1. The summed E-state index contributed by atoms with van der Waals surface area (Å²) >= 11 is 0. The van der Waals surface area contributed by atoms with Gasteiger partial charge in [0.2, 0.25) is 11.9 Å². The molecular weight excluding hydrogens is 545 g/mol. The molecule has 2 aliphatic heterocycles. The number of aromatic nitrogens is 2. The molecular formula is C26H25F3N8O4. The molecule has 0 spiro atoms. The van der Waals surface area contributed by atoms with E-state index in [0.29, 0.717) is 11.9 Å². The number of rotatable bonds is 7. The van der Waals surface area contributed by atoms with Crippen molar-refractivity contribution in [3.63, 3.8) is 0 Å². The molecule has 12 nitrogen and oxygen atoms in total. The molecule has 5 rings (SSSR count). The second-order valence-corrected chi connectivity index (χ2v) is 9.33. The third-order valence-electron chi connectivity index (χ3n) is 6.50. The van der Waals surface area contributed by atoms with Gasteiger partial charge in [0.05, 0.1) is 23.4 Å². The second kappa shape index (κ2) is 11.3. The molecule has 1 saturated heterocycles. The van der Waals surface area contributed by atoms with Gasteiger partial charge in [0, 0.05) is 43.8 Å². The Morgan fingerprint density at radius 2 is 1.80 bits per heavy atom. The van der Waals surface area contributed by atoms with Gasteiger partial charge in [-0.2, -0.15) is 18.2 Å². The van der Waals surface area contributed by atoms with E-state index in [1.807, 2.05) is 12.1 Å². The van der Waals surface area contributed by atoms with Crippen LogP contribution in [0.5, 0.6) is 0 Å². The maximum absolute atomic E-state index is 13.9. The molecule has 0 aliphatic carbocycles. The van der Waals surface area contributed by atoms with Crippen LogP contribution < -0.4 is 31.5 Å². The van der Waals surface area contributed by atoms with E-state index in [4.69, 9.17) is 5.11 Å². The fraction of sp³-hybridized carbons (Fsp3) is 0.269. The number of halogens is 3. The van der Waals surface area contributed by atoms with Crippen molar-refractivity contribution in [3.05, 3.63) is 59.8 Å². The van der Waals surface area contributed by atoms with Crippen LogP contribution in [0.1, 0.15) is 22.3 Å². The van der Waals surface area contributed by atoms with Gasteiger partial charge in [-0.1, -0.05) is 6.07 Å². The van der Waals surface area contributed by atoms with Gasteiger partial charge in [-0.3, -0.25) is 14.4 Å². The van der Waals surface area contributed by atoms with E-state index < -0.39 is 47.8 Å². The third-order valence-corrected chi connectivity index (χ3v) is 6.50. The minimum absolute atomic E-state index is 0.00377. The normalized spacial score (nSPS) is 17.1. The van der Waals surface area contributed by atoms with Crippen molar-refractivity contribution in [1.29, 1.82) is 0 Å². The molecule has 0 bridgehead atoms. The summed E-state index contributed by atoms with van der Waals surface area (Å²) < 4.78 is 41.7. The number of carbonyl (C=O) groups excluding carboxylic acids is 2. The first-order valence-corrected chi connectivity index (χ1v) is 12.6. The summed E-state index contributed by atoms with van der Waals surface area (Å²) in [5.41, 5.74) is 0.0981. The van der Waals surface area contributed by atoms with Crippen molar-refractivity contribution in [3.8, 4) is 0 Å². The zero-order chi connectivity index (χ0) is 29.1. The molecule has 2 aliphatic rings. The number of carboxylic acid groups (broad SMARTS) is 1. The van der Waals surface area contributed by atoms with Crippen LogP contribution in [0.25, 0.3) is 0 Å². The van der Waals surface area contributed by atoms with Gasteiger partial charge in [-0.05, 0) is 36.4 Å². The standard InChI is InChI=1S/C26H25F3N8O4/c27-26(28,29)16-13-31-25(32-14-4-6-15(7-5-14)37-10-8-30-9-11-37)36-22(16)33-17-2-1-3-18-21(17)24(41)35-19(12-20(38)39)23(40)34-18/h1-7,13,19,30H,8-12H2,(H,34,40)(H,35,41)(H,38,39)(H2,31,32,33,36)/t19-/m0/s1. The molecule has 1 aromatic heterocycles. The third kappa shape index (κ3) is 6.30. The molecule has 2 amide bonds. The van der Waals surface area contributed by atoms with Crippen LogP contribution in [0.2, 0.25) is 0 Å². The van der Waals surface area contributed by atoms with Crippen LogP contribution >= 0.6 is 0 Å². The molecule has 0 unspecified atom stereocenters. The van der Waals surface area contributed by atoms with Gasteiger partial charge >= 0.3 is 12.1 Å². The Kier molecular flexibility index (Phi) is 7.61. The number of hydrogen-bond acceptors (Lipinski definition) is 9. The lowest BCUT2D eigenvalue weighted by Crippen LogP contribution is -2.43. The number of nitrogens with one attached hydrogen (secondary N) is 5. The van der Waals surface area contributed by atoms with Crippen LogP contribution in [0.3, 0.4) is 0 Å². The molecule has 1 atom stereocenters. The molecule has 3 aromatic rings. The van der Waals surface area contributed by atoms with Crippen molar-refractivity contribution >= 4 is 52.3 Å². The van der Waals surface area contributed by atoms with E-state index in [2.05, 4.69) is 41.5 Å². The molecule has 1 fully saturated rings. The fourth-order valence-corrected chi connectivity index (χ4v) is 4.52. The highest BCUT2D eigenvalue weighted by Gasteiger charge is 2.36. The van der Waals surface area contributed by atoms with Crippen LogP contribution in [0.15, 0.2) is 48.7 Å². The highest BCUT2D eigenvalue weighted by Crippen LogP contribution is 2.37. The lowest BCUT2D eigenvalue weighted by Gasteiger charge is -2.29. The van der Waals surface area contributed by atoms with Gasteiger partial charge in [0.15, 0.2) is 0 Å². The highest BCUT2D eigenvalue weighted by molar-refractivity contribution is 6.13. The van der Waals surface area contributed by atoms with Crippen LogP contribution in [-0.2, 0) is 15.8 Å². The minimum atomic E-state index is -4.83. The number of nitrogens with zero attached hydrogens (tertiary/aromatic N) is 3. The largest absolute Gasteiger partial charge is 0.481 e. The van der Waals surface area contributed by atoms with E-state index in [-0.39, 0.29) is 22.9 Å². The molecule has 0 saturated carbocycles. The molecule has 0 radical (unpaired) electrons. The number of carbonyl (C=O) groups is 3. The molecule has 3 heterocycles. The second-order valence-electron chi connectivity index (χ2n) is 9.33. The van der Waals surface area contributed by atoms with Crippen molar-refractivity contribution in [2.24, 2.45) is 0 Å². The topological polar surface area (TPSA) is 161 Å². The number of alkyl halides is 3. The highest BCUT2D eigenvalue weighted by atomic mass is 19.4. The maximum Gasteiger partial charge on any atom is 0.421 e. The van der Waals surface area contributed by atoms with Gasteiger partial charge in [-0.25, -0.2) is 4.98 Å². The Morgan fingerprint density at radius 1 is 1.07 bits per heavy atom. The summed E-state index contributed by atoms with van der Waals surface area (Å²) in [5.74, 6) is -3.70.